The van der Waals surface area contributed by atoms with E-state index in [1.165, 1.54) is 11.1 Å². The number of nitrogens with zero attached hydrogens (tertiary/aromatic N) is 1. The second-order valence-electron chi connectivity index (χ2n) is 6.33. The molecule has 0 bridgehead atoms. The molecule has 3 rings (SSSR count). The number of H-pyrrole nitrogens is 1. The van der Waals surface area contributed by atoms with Gasteiger partial charge in [-0.1, -0.05) is 5.57 Å². The third-order valence-corrected chi connectivity index (χ3v) is 3.94. The summed E-state index contributed by atoms with van der Waals surface area (Å²) in [4.78, 5) is 19.8. The van der Waals surface area contributed by atoms with Crippen LogP contribution in [0.5, 0.6) is 0 Å². The quantitative estimate of drug-likeness (QED) is 0.684. The van der Waals surface area contributed by atoms with Crippen molar-refractivity contribution in [1.82, 2.24) is 9.97 Å². The van der Waals surface area contributed by atoms with Gasteiger partial charge in [0.1, 0.15) is 5.82 Å². The van der Waals surface area contributed by atoms with Gasteiger partial charge in [-0.2, -0.15) is 0 Å². The molecule has 0 saturated carbocycles. The molecule has 1 aromatic heterocycles. The molecule has 0 unspecified atom stereocenters. The Morgan fingerprint density at radius 1 is 1.08 bits per heavy atom. The normalized spacial score (nSPS) is 10.7. The van der Waals surface area contributed by atoms with Crippen molar-refractivity contribution < 1.29 is 4.79 Å². The van der Waals surface area contributed by atoms with Crippen LogP contribution in [0.15, 0.2) is 48.0 Å². The number of hydrogen-bond donors (Lipinski definition) is 2. The van der Waals surface area contributed by atoms with Crippen molar-refractivity contribution in [3.05, 3.63) is 59.2 Å². The number of nitrogens with one attached hydrogen (secondary N) is 2. The first-order valence-electron chi connectivity index (χ1n) is 7.95. The van der Waals surface area contributed by atoms with Crippen molar-refractivity contribution >= 4 is 22.6 Å². The molecule has 1 amide bonds. The van der Waals surface area contributed by atoms with Crippen molar-refractivity contribution in [2.75, 3.05) is 5.32 Å². The smallest absolute Gasteiger partial charge is 0.248 e. The average molecular weight is 319 g/mol. The molecule has 0 aliphatic heterocycles. The van der Waals surface area contributed by atoms with Gasteiger partial charge in [0.25, 0.3) is 0 Å². The van der Waals surface area contributed by atoms with E-state index in [-0.39, 0.29) is 5.91 Å². The van der Waals surface area contributed by atoms with E-state index in [4.69, 9.17) is 0 Å². The molecular formula is C20H21N3O. The van der Waals surface area contributed by atoms with Crippen LogP contribution in [-0.2, 0) is 4.79 Å². The van der Waals surface area contributed by atoms with Gasteiger partial charge in [0.2, 0.25) is 5.91 Å². The van der Waals surface area contributed by atoms with Crippen molar-refractivity contribution in [3.63, 3.8) is 0 Å². The SMILES string of the molecule is CC(C)=CC(=O)Nc1ccc(-c2nc3cc(C)c(C)cc3[nH]2)cc1. The summed E-state index contributed by atoms with van der Waals surface area (Å²) in [5, 5.41) is 2.85. The van der Waals surface area contributed by atoms with E-state index in [2.05, 4.69) is 41.3 Å². The van der Waals surface area contributed by atoms with Crippen LogP contribution in [0.25, 0.3) is 22.4 Å². The molecule has 24 heavy (non-hydrogen) atoms. The number of fused-ring (bicyclic) bond motifs is 1. The number of benzene rings is 2. The monoisotopic (exact) mass is 319 g/mol. The first kappa shape index (κ1) is 16.0. The highest BCUT2D eigenvalue weighted by atomic mass is 16.1. The van der Waals surface area contributed by atoms with Gasteiger partial charge < -0.3 is 10.3 Å². The molecule has 122 valence electrons. The van der Waals surface area contributed by atoms with E-state index in [9.17, 15) is 4.79 Å². The van der Waals surface area contributed by atoms with Gasteiger partial charge >= 0.3 is 0 Å². The maximum Gasteiger partial charge on any atom is 0.248 e. The minimum absolute atomic E-state index is 0.113. The van der Waals surface area contributed by atoms with Gasteiger partial charge in [0.15, 0.2) is 0 Å². The summed E-state index contributed by atoms with van der Waals surface area (Å²) in [6, 6.07) is 11.9. The molecule has 0 atom stereocenters. The maximum atomic E-state index is 11.8. The number of allylic oxidation sites excluding steroid dienone is 1. The summed E-state index contributed by atoms with van der Waals surface area (Å²) in [7, 11) is 0. The fourth-order valence-corrected chi connectivity index (χ4v) is 2.56. The van der Waals surface area contributed by atoms with E-state index in [1.807, 2.05) is 38.1 Å². The summed E-state index contributed by atoms with van der Waals surface area (Å²) < 4.78 is 0. The van der Waals surface area contributed by atoms with E-state index in [1.54, 1.807) is 6.08 Å². The summed E-state index contributed by atoms with van der Waals surface area (Å²) in [6.45, 7) is 7.98. The van der Waals surface area contributed by atoms with E-state index in [0.29, 0.717) is 0 Å². The molecule has 0 aliphatic rings. The van der Waals surface area contributed by atoms with Gasteiger partial charge in [0, 0.05) is 17.3 Å². The summed E-state index contributed by atoms with van der Waals surface area (Å²) in [6.07, 6.45) is 1.58. The predicted molar refractivity (Wildman–Crippen MR) is 99.1 cm³/mol. The second-order valence-corrected chi connectivity index (χ2v) is 6.33. The molecule has 4 heteroatoms. The number of rotatable bonds is 3. The Labute approximate surface area is 141 Å². The topological polar surface area (TPSA) is 57.8 Å². The van der Waals surface area contributed by atoms with E-state index < -0.39 is 0 Å². The maximum absolute atomic E-state index is 11.8. The van der Waals surface area contributed by atoms with Gasteiger partial charge in [-0.25, -0.2) is 4.98 Å². The van der Waals surface area contributed by atoms with E-state index >= 15 is 0 Å². The highest BCUT2D eigenvalue weighted by Gasteiger charge is 2.07. The molecule has 0 aliphatic carbocycles. The molecule has 1 heterocycles. The van der Waals surface area contributed by atoms with Crippen LogP contribution < -0.4 is 5.32 Å². The molecule has 2 aromatic carbocycles. The van der Waals surface area contributed by atoms with Crippen LogP contribution in [0.4, 0.5) is 5.69 Å². The summed E-state index contributed by atoms with van der Waals surface area (Å²) >= 11 is 0. The molecule has 0 fully saturated rings. The van der Waals surface area contributed by atoms with Crippen LogP contribution in [0.2, 0.25) is 0 Å². The van der Waals surface area contributed by atoms with Gasteiger partial charge in [-0.05, 0) is 75.2 Å². The molecule has 2 N–H and O–H groups in total. The van der Waals surface area contributed by atoms with E-state index in [0.717, 1.165) is 33.7 Å². The first-order valence-corrected chi connectivity index (χ1v) is 7.95. The lowest BCUT2D eigenvalue weighted by atomic mass is 10.1. The first-order chi connectivity index (χ1) is 11.4. The van der Waals surface area contributed by atoms with Crippen LogP contribution >= 0.6 is 0 Å². The minimum Gasteiger partial charge on any atom is -0.338 e. The third kappa shape index (κ3) is 3.38. The summed E-state index contributed by atoms with van der Waals surface area (Å²) in [5.41, 5.74) is 7.21. The molecule has 0 saturated heterocycles. The van der Waals surface area contributed by atoms with Crippen molar-refractivity contribution in [3.8, 4) is 11.4 Å². The molecule has 4 nitrogen and oxygen atoms in total. The zero-order chi connectivity index (χ0) is 17.3. The number of carbonyl (C=O) groups is 1. The Balaban J connectivity index is 1.85. The zero-order valence-corrected chi connectivity index (χ0v) is 14.4. The van der Waals surface area contributed by atoms with Gasteiger partial charge in [-0.3, -0.25) is 4.79 Å². The Hall–Kier alpha value is -2.88. The lowest BCUT2D eigenvalue weighted by molar-refractivity contribution is -0.111. The molecule has 3 aromatic rings. The Morgan fingerprint density at radius 2 is 1.75 bits per heavy atom. The lowest BCUT2D eigenvalue weighted by Gasteiger charge is -2.03. The molecular weight excluding hydrogens is 298 g/mol. The number of anilines is 1. The van der Waals surface area contributed by atoms with Crippen LogP contribution in [0.1, 0.15) is 25.0 Å². The van der Waals surface area contributed by atoms with Gasteiger partial charge in [-0.15, -0.1) is 0 Å². The fourth-order valence-electron chi connectivity index (χ4n) is 2.56. The number of aromatic amines is 1. The van der Waals surface area contributed by atoms with Gasteiger partial charge in [0.05, 0.1) is 11.0 Å². The zero-order valence-electron chi connectivity index (χ0n) is 14.4. The number of amides is 1. The average Bonchev–Trinajstić information content (AvgIpc) is 2.90. The van der Waals surface area contributed by atoms with Crippen LogP contribution in [0, 0.1) is 13.8 Å². The highest BCUT2D eigenvalue weighted by Crippen LogP contribution is 2.24. The number of imidazole rings is 1. The van der Waals surface area contributed by atoms with Crippen molar-refractivity contribution in [2.45, 2.75) is 27.7 Å². The van der Waals surface area contributed by atoms with Crippen molar-refractivity contribution in [1.29, 1.82) is 0 Å². The highest BCUT2D eigenvalue weighted by molar-refractivity contribution is 5.99. The lowest BCUT2D eigenvalue weighted by Crippen LogP contribution is -2.08. The van der Waals surface area contributed by atoms with Crippen molar-refractivity contribution in [2.24, 2.45) is 0 Å². The van der Waals surface area contributed by atoms with Crippen LogP contribution in [-0.4, -0.2) is 15.9 Å². The van der Waals surface area contributed by atoms with Crippen LogP contribution in [0.3, 0.4) is 0 Å². The largest absolute Gasteiger partial charge is 0.338 e. The standard InChI is InChI=1S/C20H21N3O/c1-12(2)9-19(24)21-16-7-5-15(6-8-16)20-22-17-10-13(3)14(4)11-18(17)23-20/h5-11H,1-4H3,(H,21,24)(H,22,23). The number of aryl methyl sites for hydroxylation is 2. The number of carbonyl (C=O) groups excluding carboxylic acids is 1. The Bertz CT molecular complexity index is 890. The predicted octanol–water partition coefficient (Wildman–Crippen LogP) is 4.75. The third-order valence-electron chi connectivity index (χ3n) is 3.94. The fraction of sp³-hybridized carbons (Fsp3) is 0.200. The second kappa shape index (κ2) is 6.32. The Kier molecular flexibility index (Phi) is 4.21. The minimum atomic E-state index is -0.113. The Morgan fingerprint density at radius 3 is 2.42 bits per heavy atom. The number of aromatic nitrogens is 2. The molecule has 0 radical (unpaired) electrons. The summed E-state index contributed by atoms with van der Waals surface area (Å²) in [5.74, 6) is 0.717. The molecule has 0 spiro atoms. The number of hydrogen-bond acceptors (Lipinski definition) is 2.